The van der Waals surface area contributed by atoms with E-state index < -0.39 is 8.74 Å². The van der Waals surface area contributed by atoms with Gasteiger partial charge in [-0.1, -0.05) is 6.92 Å². The molecule has 1 aromatic heterocycles. The largest absolute Gasteiger partial charge is 0.456 e. The maximum absolute atomic E-state index is 12.9. The minimum Gasteiger partial charge on any atom is -0.265 e. The van der Waals surface area contributed by atoms with Crippen molar-refractivity contribution in [3.8, 4) is 0 Å². The highest BCUT2D eigenvalue weighted by atomic mass is 32.1. The first kappa shape index (κ1) is 7.88. The summed E-state index contributed by atoms with van der Waals surface area (Å²) in [6.45, 7) is 1.55. The molecule has 0 amide bonds. The Bertz CT molecular complexity index is 196. The first-order chi connectivity index (χ1) is 4.67. The summed E-state index contributed by atoms with van der Waals surface area (Å²) in [5.74, 6) is 0. The summed E-state index contributed by atoms with van der Waals surface area (Å²) >= 11 is 1.34. The molecule has 10 heavy (non-hydrogen) atoms. The molecule has 0 radical (unpaired) electrons. The van der Waals surface area contributed by atoms with Gasteiger partial charge < -0.3 is 0 Å². The van der Waals surface area contributed by atoms with Gasteiger partial charge in [-0.15, -0.1) is 0 Å². The fourth-order valence-corrected chi connectivity index (χ4v) is 2.96. The van der Waals surface area contributed by atoms with Crippen LogP contribution >= 0.6 is 11.3 Å². The standard InChI is InChI=1S/C6H8F2SSi/c1-2-10(7,8)6-3-4-9-5-6/h3-5H,2H2,1H3. The zero-order chi connectivity index (χ0) is 7.61. The Balaban J connectivity index is 2.85. The zero-order valence-electron chi connectivity index (χ0n) is 5.60. The molecule has 0 saturated carbocycles. The van der Waals surface area contributed by atoms with E-state index >= 15 is 0 Å². The normalized spacial score (nSPS) is 11.9. The molecule has 1 heterocycles. The van der Waals surface area contributed by atoms with Crippen molar-refractivity contribution in [1.29, 1.82) is 0 Å². The fraction of sp³-hybridized carbons (Fsp3) is 0.333. The molecule has 0 spiro atoms. The van der Waals surface area contributed by atoms with Gasteiger partial charge in [0.1, 0.15) is 0 Å². The molecule has 0 atom stereocenters. The molecule has 1 aromatic rings. The third-order valence-electron chi connectivity index (χ3n) is 1.39. The van der Waals surface area contributed by atoms with E-state index in [1.54, 1.807) is 17.7 Å². The maximum atomic E-state index is 12.9. The smallest absolute Gasteiger partial charge is 0.265 e. The van der Waals surface area contributed by atoms with E-state index in [9.17, 15) is 8.22 Å². The van der Waals surface area contributed by atoms with E-state index in [1.165, 1.54) is 17.4 Å². The molecule has 0 aromatic carbocycles. The molecule has 4 heteroatoms. The third-order valence-corrected chi connectivity index (χ3v) is 4.32. The van der Waals surface area contributed by atoms with E-state index in [0.29, 0.717) is 0 Å². The monoisotopic (exact) mass is 178 g/mol. The van der Waals surface area contributed by atoms with Crippen molar-refractivity contribution in [2.75, 3.05) is 0 Å². The number of halogens is 2. The van der Waals surface area contributed by atoms with Crippen molar-refractivity contribution in [3.05, 3.63) is 16.8 Å². The predicted molar refractivity (Wildman–Crippen MR) is 42.4 cm³/mol. The van der Waals surface area contributed by atoms with Gasteiger partial charge in [0.25, 0.3) is 0 Å². The lowest BCUT2D eigenvalue weighted by Crippen LogP contribution is -2.36. The van der Waals surface area contributed by atoms with Gasteiger partial charge in [-0.3, -0.25) is 8.22 Å². The van der Waals surface area contributed by atoms with Gasteiger partial charge in [-0.05, 0) is 22.9 Å². The molecule has 1 rings (SSSR count). The van der Waals surface area contributed by atoms with Gasteiger partial charge in [-0.2, -0.15) is 11.3 Å². The Hall–Kier alpha value is -0.223. The summed E-state index contributed by atoms with van der Waals surface area (Å²) in [7, 11) is -3.99. The topological polar surface area (TPSA) is 0 Å². The van der Waals surface area contributed by atoms with Gasteiger partial charge in [0, 0.05) is 5.19 Å². The average molecular weight is 178 g/mol. The fourth-order valence-electron chi connectivity index (χ4n) is 0.677. The average Bonchev–Trinajstić information content (AvgIpc) is 2.38. The molecule has 0 N–H and O–H groups in total. The molecule has 0 saturated heterocycles. The number of rotatable bonds is 2. The number of thiophene rings is 1. The van der Waals surface area contributed by atoms with E-state index in [2.05, 4.69) is 0 Å². The van der Waals surface area contributed by atoms with Crippen LogP contribution in [0.15, 0.2) is 16.8 Å². The van der Waals surface area contributed by atoms with Crippen LogP contribution in [0.25, 0.3) is 0 Å². The Morgan fingerprint density at radius 2 is 2.30 bits per heavy atom. The molecular formula is C6H8F2SSi. The Morgan fingerprint density at radius 3 is 2.70 bits per heavy atom. The number of hydrogen-bond donors (Lipinski definition) is 0. The highest BCUT2D eigenvalue weighted by Gasteiger charge is 2.35. The van der Waals surface area contributed by atoms with Crippen LogP contribution in [0.3, 0.4) is 0 Å². The number of hydrogen-bond acceptors (Lipinski definition) is 1. The van der Waals surface area contributed by atoms with Crippen LogP contribution in [0.2, 0.25) is 6.04 Å². The van der Waals surface area contributed by atoms with Crippen molar-refractivity contribution in [2.45, 2.75) is 13.0 Å². The highest BCUT2D eigenvalue weighted by Crippen LogP contribution is 2.13. The van der Waals surface area contributed by atoms with Gasteiger partial charge in [0.05, 0.1) is 0 Å². The van der Waals surface area contributed by atoms with E-state index in [4.69, 9.17) is 0 Å². The van der Waals surface area contributed by atoms with Crippen LogP contribution in [0.1, 0.15) is 6.92 Å². The first-order valence-corrected chi connectivity index (χ1v) is 5.98. The Labute approximate surface area is 63.9 Å². The lowest BCUT2D eigenvalue weighted by Gasteiger charge is -2.06. The van der Waals surface area contributed by atoms with Crippen LogP contribution in [-0.4, -0.2) is 8.74 Å². The quantitative estimate of drug-likeness (QED) is 0.482. The molecular weight excluding hydrogens is 170 g/mol. The maximum Gasteiger partial charge on any atom is 0.456 e. The van der Waals surface area contributed by atoms with Crippen molar-refractivity contribution < 1.29 is 8.22 Å². The Morgan fingerprint density at radius 1 is 1.60 bits per heavy atom. The second-order valence-corrected chi connectivity index (χ2v) is 5.54. The first-order valence-electron chi connectivity index (χ1n) is 3.07. The van der Waals surface area contributed by atoms with Gasteiger partial charge in [0.15, 0.2) is 0 Å². The second-order valence-electron chi connectivity index (χ2n) is 2.07. The summed E-state index contributed by atoms with van der Waals surface area (Å²) in [4.78, 5) is 0. The van der Waals surface area contributed by atoms with Crippen molar-refractivity contribution in [3.63, 3.8) is 0 Å². The third kappa shape index (κ3) is 1.43. The van der Waals surface area contributed by atoms with E-state index in [0.717, 1.165) is 0 Å². The van der Waals surface area contributed by atoms with Crippen molar-refractivity contribution in [2.24, 2.45) is 0 Å². The summed E-state index contributed by atoms with van der Waals surface area (Å²) in [6, 6.07) is 1.55. The van der Waals surface area contributed by atoms with Crippen molar-refractivity contribution >= 4 is 25.3 Å². The minimum absolute atomic E-state index is 0.0176. The lowest BCUT2D eigenvalue weighted by atomic mass is 10.7. The molecule has 0 aliphatic rings. The van der Waals surface area contributed by atoms with E-state index in [-0.39, 0.29) is 11.2 Å². The van der Waals surface area contributed by atoms with Crippen LogP contribution in [-0.2, 0) is 0 Å². The molecule has 0 aliphatic carbocycles. The van der Waals surface area contributed by atoms with Crippen LogP contribution < -0.4 is 5.19 Å². The minimum atomic E-state index is -3.99. The predicted octanol–water partition coefficient (Wildman–Crippen LogP) is 2.36. The SMILES string of the molecule is CC[Si](F)(F)c1ccsc1. The van der Waals surface area contributed by atoms with Crippen LogP contribution in [0.4, 0.5) is 8.22 Å². The summed E-state index contributed by atoms with van der Waals surface area (Å²) in [5, 5.41) is 3.53. The highest BCUT2D eigenvalue weighted by molar-refractivity contribution is 7.09. The lowest BCUT2D eigenvalue weighted by molar-refractivity contribution is 0.626. The molecule has 0 nitrogen and oxygen atoms in total. The van der Waals surface area contributed by atoms with Crippen molar-refractivity contribution in [1.82, 2.24) is 0 Å². The molecule has 0 bridgehead atoms. The van der Waals surface area contributed by atoms with E-state index in [1.807, 2.05) is 0 Å². The molecule has 0 aliphatic heterocycles. The molecule has 56 valence electrons. The van der Waals surface area contributed by atoms with Gasteiger partial charge in [0.2, 0.25) is 0 Å². The zero-order valence-corrected chi connectivity index (χ0v) is 7.42. The Kier molecular flexibility index (Phi) is 2.20. The summed E-state index contributed by atoms with van der Waals surface area (Å²) in [6.07, 6.45) is 0. The van der Waals surface area contributed by atoms with Gasteiger partial charge in [-0.25, -0.2) is 0 Å². The van der Waals surface area contributed by atoms with Crippen LogP contribution in [0, 0.1) is 0 Å². The molecule has 0 fully saturated rings. The van der Waals surface area contributed by atoms with Gasteiger partial charge >= 0.3 is 8.74 Å². The van der Waals surface area contributed by atoms with Crippen LogP contribution in [0.5, 0.6) is 0 Å². The molecule has 0 unspecified atom stereocenters. The summed E-state index contributed by atoms with van der Waals surface area (Å²) in [5.41, 5.74) is 0. The summed E-state index contributed by atoms with van der Waals surface area (Å²) < 4.78 is 25.7. The second kappa shape index (κ2) is 2.80.